The maximum atomic E-state index is 10.3. The van der Waals surface area contributed by atoms with Crippen LogP contribution in [0.1, 0.15) is 46.0 Å². The highest BCUT2D eigenvalue weighted by atomic mass is 16.4. The van der Waals surface area contributed by atoms with Crippen LogP contribution in [0.2, 0.25) is 0 Å². The average molecular weight is 184 g/mol. The van der Waals surface area contributed by atoms with Gasteiger partial charge in [-0.1, -0.05) is 32.4 Å². The lowest BCUT2D eigenvalue weighted by atomic mass is 9.99. The van der Waals surface area contributed by atoms with Crippen molar-refractivity contribution < 1.29 is 9.90 Å². The molecule has 0 aliphatic carbocycles. The molecular formula is C11H20O2. The SMILES string of the molecule is CCCC=CC(CC)CCC(=O)O. The molecule has 0 heterocycles. The Hall–Kier alpha value is -0.790. The smallest absolute Gasteiger partial charge is 0.303 e. The summed E-state index contributed by atoms with van der Waals surface area (Å²) in [5.41, 5.74) is 0. The van der Waals surface area contributed by atoms with Gasteiger partial charge < -0.3 is 5.11 Å². The van der Waals surface area contributed by atoms with E-state index >= 15 is 0 Å². The first kappa shape index (κ1) is 12.2. The van der Waals surface area contributed by atoms with E-state index in [1.807, 2.05) is 0 Å². The van der Waals surface area contributed by atoms with Crippen LogP contribution in [0.15, 0.2) is 12.2 Å². The Kier molecular flexibility index (Phi) is 7.36. The van der Waals surface area contributed by atoms with Gasteiger partial charge in [-0.25, -0.2) is 0 Å². The van der Waals surface area contributed by atoms with Crippen LogP contribution in [0.3, 0.4) is 0 Å². The first-order valence-electron chi connectivity index (χ1n) is 5.09. The Bertz CT molecular complexity index is 161. The summed E-state index contributed by atoms with van der Waals surface area (Å²) in [4.78, 5) is 10.3. The summed E-state index contributed by atoms with van der Waals surface area (Å²) < 4.78 is 0. The highest BCUT2D eigenvalue weighted by molar-refractivity contribution is 5.66. The third kappa shape index (κ3) is 7.57. The van der Waals surface area contributed by atoms with E-state index in [0.29, 0.717) is 5.92 Å². The molecule has 0 radical (unpaired) electrons. The van der Waals surface area contributed by atoms with Crippen molar-refractivity contribution in [1.82, 2.24) is 0 Å². The number of aliphatic carboxylic acids is 1. The molecule has 0 spiro atoms. The fraction of sp³-hybridized carbons (Fsp3) is 0.727. The molecule has 0 aliphatic rings. The lowest BCUT2D eigenvalue weighted by Crippen LogP contribution is -2.00. The van der Waals surface area contributed by atoms with Gasteiger partial charge in [0.15, 0.2) is 0 Å². The predicted molar refractivity (Wildman–Crippen MR) is 54.7 cm³/mol. The monoisotopic (exact) mass is 184 g/mol. The summed E-state index contributed by atoms with van der Waals surface area (Å²) >= 11 is 0. The summed E-state index contributed by atoms with van der Waals surface area (Å²) in [5, 5.41) is 8.51. The van der Waals surface area contributed by atoms with Crippen molar-refractivity contribution in [1.29, 1.82) is 0 Å². The summed E-state index contributed by atoms with van der Waals surface area (Å²) in [7, 11) is 0. The van der Waals surface area contributed by atoms with Crippen molar-refractivity contribution in [3.8, 4) is 0 Å². The molecule has 2 heteroatoms. The maximum absolute atomic E-state index is 10.3. The Morgan fingerprint density at radius 2 is 2.15 bits per heavy atom. The standard InChI is InChI=1S/C11H20O2/c1-3-5-6-7-10(4-2)8-9-11(12)13/h6-7,10H,3-5,8-9H2,1-2H3,(H,12,13). The molecule has 0 aromatic rings. The van der Waals surface area contributed by atoms with Crippen molar-refractivity contribution in [2.45, 2.75) is 46.0 Å². The van der Waals surface area contributed by atoms with E-state index in [-0.39, 0.29) is 6.42 Å². The largest absolute Gasteiger partial charge is 0.481 e. The number of rotatable bonds is 7. The van der Waals surface area contributed by atoms with Crippen LogP contribution in [-0.2, 0) is 4.79 Å². The number of carboxylic acid groups (broad SMARTS) is 1. The van der Waals surface area contributed by atoms with Crippen LogP contribution >= 0.6 is 0 Å². The minimum atomic E-state index is -0.692. The average Bonchev–Trinajstić information content (AvgIpc) is 2.10. The quantitative estimate of drug-likeness (QED) is 0.617. The van der Waals surface area contributed by atoms with Gasteiger partial charge in [-0.15, -0.1) is 0 Å². The van der Waals surface area contributed by atoms with Crippen LogP contribution in [0, 0.1) is 5.92 Å². The summed E-state index contributed by atoms with van der Waals surface area (Å²) in [6.07, 6.45) is 8.67. The zero-order chi connectivity index (χ0) is 10.1. The van der Waals surface area contributed by atoms with Crippen molar-refractivity contribution in [2.75, 3.05) is 0 Å². The second-order valence-electron chi connectivity index (χ2n) is 3.32. The van der Waals surface area contributed by atoms with Gasteiger partial charge in [0.2, 0.25) is 0 Å². The van der Waals surface area contributed by atoms with Crippen LogP contribution in [-0.4, -0.2) is 11.1 Å². The van der Waals surface area contributed by atoms with Gasteiger partial charge in [0.25, 0.3) is 0 Å². The van der Waals surface area contributed by atoms with Crippen LogP contribution in [0.25, 0.3) is 0 Å². The van der Waals surface area contributed by atoms with Gasteiger partial charge in [0, 0.05) is 6.42 Å². The molecule has 1 N–H and O–H groups in total. The van der Waals surface area contributed by atoms with Crippen molar-refractivity contribution >= 4 is 5.97 Å². The van der Waals surface area contributed by atoms with Gasteiger partial charge in [-0.3, -0.25) is 4.79 Å². The van der Waals surface area contributed by atoms with E-state index in [2.05, 4.69) is 26.0 Å². The first-order chi connectivity index (χ1) is 6.20. The molecule has 0 aromatic heterocycles. The molecule has 0 aromatic carbocycles. The first-order valence-corrected chi connectivity index (χ1v) is 5.09. The summed E-state index contributed by atoms with van der Waals surface area (Å²) in [6, 6.07) is 0. The molecule has 0 rings (SSSR count). The van der Waals surface area contributed by atoms with E-state index in [1.54, 1.807) is 0 Å². The lowest BCUT2D eigenvalue weighted by Gasteiger charge is -2.07. The van der Waals surface area contributed by atoms with Crippen molar-refractivity contribution in [3.63, 3.8) is 0 Å². The Balaban J connectivity index is 3.68. The second-order valence-corrected chi connectivity index (χ2v) is 3.32. The molecule has 0 aliphatic heterocycles. The molecule has 1 atom stereocenters. The Morgan fingerprint density at radius 3 is 2.62 bits per heavy atom. The predicted octanol–water partition coefficient (Wildman–Crippen LogP) is 3.23. The third-order valence-corrected chi connectivity index (χ3v) is 2.12. The van der Waals surface area contributed by atoms with Gasteiger partial charge in [-0.05, 0) is 25.2 Å². The number of carbonyl (C=O) groups is 1. The molecule has 13 heavy (non-hydrogen) atoms. The van der Waals surface area contributed by atoms with Crippen molar-refractivity contribution in [3.05, 3.63) is 12.2 Å². The van der Waals surface area contributed by atoms with Gasteiger partial charge >= 0.3 is 5.97 Å². The van der Waals surface area contributed by atoms with E-state index in [9.17, 15) is 4.79 Å². The molecule has 0 amide bonds. The number of unbranched alkanes of at least 4 members (excludes halogenated alkanes) is 1. The summed E-state index contributed by atoms with van der Waals surface area (Å²) in [5.74, 6) is -0.245. The van der Waals surface area contributed by atoms with E-state index in [1.165, 1.54) is 0 Å². The molecule has 0 saturated carbocycles. The second kappa shape index (κ2) is 7.84. The van der Waals surface area contributed by atoms with Crippen LogP contribution in [0.4, 0.5) is 0 Å². The molecule has 76 valence electrons. The van der Waals surface area contributed by atoms with Gasteiger partial charge in [0.1, 0.15) is 0 Å². The van der Waals surface area contributed by atoms with Crippen molar-refractivity contribution in [2.24, 2.45) is 5.92 Å². The molecule has 1 unspecified atom stereocenters. The fourth-order valence-corrected chi connectivity index (χ4v) is 1.20. The molecule has 0 fully saturated rings. The zero-order valence-electron chi connectivity index (χ0n) is 8.62. The molecular weight excluding hydrogens is 164 g/mol. The Morgan fingerprint density at radius 1 is 1.46 bits per heavy atom. The van der Waals surface area contributed by atoms with Crippen LogP contribution < -0.4 is 0 Å². The number of hydrogen-bond acceptors (Lipinski definition) is 1. The highest BCUT2D eigenvalue weighted by Gasteiger charge is 2.04. The Labute approximate surface area is 80.7 Å². The van der Waals surface area contributed by atoms with E-state index in [0.717, 1.165) is 25.7 Å². The highest BCUT2D eigenvalue weighted by Crippen LogP contribution is 2.13. The topological polar surface area (TPSA) is 37.3 Å². The minimum absolute atomic E-state index is 0.287. The maximum Gasteiger partial charge on any atom is 0.303 e. The molecule has 0 bridgehead atoms. The normalized spacial score (nSPS) is 13.4. The van der Waals surface area contributed by atoms with Gasteiger partial charge in [0.05, 0.1) is 0 Å². The number of allylic oxidation sites excluding steroid dienone is 2. The molecule has 0 saturated heterocycles. The minimum Gasteiger partial charge on any atom is -0.481 e. The third-order valence-electron chi connectivity index (χ3n) is 2.12. The summed E-state index contributed by atoms with van der Waals surface area (Å²) in [6.45, 7) is 4.24. The zero-order valence-corrected chi connectivity index (χ0v) is 8.62. The van der Waals surface area contributed by atoms with E-state index < -0.39 is 5.97 Å². The fourth-order valence-electron chi connectivity index (χ4n) is 1.20. The van der Waals surface area contributed by atoms with E-state index in [4.69, 9.17) is 5.11 Å². The van der Waals surface area contributed by atoms with Crippen LogP contribution in [0.5, 0.6) is 0 Å². The number of carboxylic acids is 1. The lowest BCUT2D eigenvalue weighted by molar-refractivity contribution is -0.137. The number of hydrogen-bond donors (Lipinski definition) is 1. The molecule has 2 nitrogen and oxygen atoms in total. The van der Waals surface area contributed by atoms with Gasteiger partial charge in [-0.2, -0.15) is 0 Å².